The van der Waals surface area contributed by atoms with Crippen LogP contribution in [0.5, 0.6) is 0 Å². The highest BCUT2D eigenvalue weighted by atomic mass is 35.5. The van der Waals surface area contributed by atoms with Crippen LogP contribution < -0.4 is 5.32 Å². The largest absolute Gasteiger partial charge is 0.384 e. The number of aliphatic hydroxyl groups is 1. The molecule has 0 aromatic heterocycles. The summed E-state index contributed by atoms with van der Waals surface area (Å²) in [6, 6.07) is 5.15. The molecular weight excluding hydrogens is 262 g/mol. The van der Waals surface area contributed by atoms with Gasteiger partial charge in [0, 0.05) is 16.5 Å². The van der Waals surface area contributed by atoms with E-state index in [4.69, 9.17) is 16.7 Å². The maximum Gasteiger partial charge on any atom is 0.227 e. The molecule has 1 amide bonds. The average Bonchev–Trinajstić information content (AvgIpc) is 2.93. The van der Waals surface area contributed by atoms with Gasteiger partial charge in [0.1, 0.15) is 6.61 Å². The summed E-state index contributed by atoms with van der Waals surface area (Å²) >= 11 is 5.92. The number of benzene rings is 1. The third-order valence-corrected chi connectivity index (χ3v) is 3.50. The van der Waals surface area contributed by atoms with Gasteiger partial charge < -0.3 is 10.4 Å². The molecule has 4 heteroatoms. The Morgan fingerprint density at radius 3 is 2.84 bits per heavy atom. The molecule has 0 spiro atoms. The van der Waals surface area contributed by atoms with Crippen LogP contribution in [-0.4, -0.2) is 17.6 Å². The van der Waals surface area contributed by atoms with Crippen LogP contribution in [-0.2, 0) is 4.79 Å². The molecule has 1 aliphatic carbocycles. The van der Waals surface area contributed by atoms with Gasteiger partial charge in [0.05, 0.1) is 5.69 Å². The molecule has 1 aromatic carbocycles. The lowest BCUT2D eigenvalue weighted by Gasteiger charge is -2.12. The average molecular weight is 278 g/mol. The first-order valence-electron chi connectivity index (χ1n) is 6.41. The molecule has 0 bridgehead atoms. The predicted molar refractivity (Wildman–Crippen MR) is 76.0 cm³/mol. The Kier molecular flexibility index (Phi) is 4.84. The summed E-state index contributed by atoms with van der Waals surface area (Å²) < 4.78 is 0. The number of halogens is 1. The molecule has 0 radical (unpaired) electrons. The standard InChI is InChI=1S/C15H16ClNO2/c16-13-7-8-14(12(10-13)6-3-9-18)17-15(19)11-4-1-2-5-11/h7-8,10-11,18H,1-2,4-5,9H2,(H,17,19). The first kappa shape index (κ1) is 13.9. The van der Waals surface area contributed by atoms with Crippen molar-refractivity contribution >= 4 is 23.2 Å². The van der Waals surface area contributed by atoms with Crippen LogP contribution in [0.4, 0.5) is 5.69 Å². The number of nitrogens with one attached hydrogen (secondary N) is 1. The van der Waals surface area contributed by atoms with Crippen molar-refractivity contribution in [1.82, 2.24) is 0 Å². The van der Waals surface area contributed by atoms with Gasteiger partial charge in [0.2, 0.25) is 5.91 Å². The van der Waals surface area contributed by atoms with Crippen molar-refractivity contribution in [3.8, 4) is 11.8 Å². The van der Waals surface area contributed by atoms with E-state index in [-0.39, 0.29) is 18.4 Å². The maximum atomic E-state index is 12.1. The summed E-state index contributed by atoms with van der Waals surface area (Å²) in [4.78, 5) is 12.1. The summed E-state index contributed by atoms with van der Waals surface area (Å²) in [5.74, 6) is 5.52. The van der Waals surface area contributed by atoms with Crippen molar-refractivity contribution in [2.75, 3.05) is 11.9 Å². The van der Waals surface area contributed by atoms with E-state index in [9.17, 15) is 4.79 Å². The number of amides is 1. The van der Waals surface area contributed by atoms with Gasteiger partial charge >= 0.3 is 0 Å². The highest BCUT2D eigenvalue weighted by Gasteiger charge is 2.23. The van der Waals surface area contributed by atoms with Gasteiger partial charge in [-0.25, -0.2) is 0 Å². The Labute approximate surface area is 118 Å². The van der Waals surface area contributed by atoms with Crippen LogP contribution in [0.3, 0.4) is 0 Å². The molecule has 0 saturated heterocycles. The molecular formula is C15H16ClNO2. The molecule has 1 saturated carbocycles. The molecule has 1 aliphatic rings. The van der Waals surface area contributed by atoms with Crippen LogP contribution in [0.1, 0.15) is 31.2 Å². The number of aliphatic hydroxyl groups excluding tert-OH is 1. The lowest BCUT2D eigenvalue weighted by molar-refractivity contribution is -0.119. The number of carbonyl (C=O) groups excluding carboxylic acids is 1. The molecule has 1 aromatic rings. The molecule has 3 nitrogen and oxygen atoms in total. The van der Waals surface area contributed by atoms with E-state index in [1.807, 2.05) is 0 Å². The van der Waals surface area contributed by atoms with E-state index >= 15 is 0 Å². The molecule has 19 heavy (non-hydrogen) atoms. The number of hydrogen-bond acceptors (Lipinski definition) is 2. The summed E-state index contributed by atoms with van der Waals surface area (Å²) in [6.07, 6.45) is 4.15. The minimum atomic E-state index is -0.220. The molecule has 2 N–H and O–H groups in total. The van der Waals surface area contributed by atoms with E-state index in [1.54, 1.807) is 18.2 Å². The first-order chi connectivity index (χ1) is 9.20. The molecule has 0 heterocycles. The van der Waals surface area contributed by atoms with E-state index in [0.29, 0.717) is 16.3 Å². The van der Waals surface area contributed by atoms with Gasteiger partial charge in [0.15, 0.2) is 0 Å². The van der Waals surface area contributed by atoms with E-state index in [0.717, 1.165) is 25.7 Å². The smallest absolute Gasteiger partial charge is 0.227 e. The predicted octanol–water partition coefficient (Wildman–Crippen LogP) is 2.81. The Morgan fingerprint density at radius 2 is 2.16 bits per heavy atom. The minimum absolute atomic E-state index is 0.0480. The van der Waals surface area contributed by atoms with Crippen molar-refractivity contribution in [2.24, 2.45) is 5.92 Å². The Hall–Kier alpha value is -1.50. The van der Waals surface area contributed by atoms with Crippen molar-refractivity contribution < 1.29 is 9.90 Å². The number of carbonyl (C=O) groups is 1. The Bertz CT molecular complexity index is 525. The minimum Gasteiger partial charge on any atom is -0.384 e. The molecule has 100 valence electrons. The quantitative estimate of drug-likeness (QED) is 0.817. The van der Waals surface area contributed by atoms with Gasteiger partial charge in [-0.15, -0.1) is 0 Å². The fourth-order valence-electron chi connectivity index (χ4n) is 2.29. The lowest BCUT2D eigenvalue weighted by atomic mass is 10.1. The van der Waals surface area contributed by atoms with E-state index in [1.165, 1.54) is 0 Å². The van der Waals surface area contributed by atoms with Crippen LogP contribution in [0.25, 0.3) is 0 Å². The molecule has 0 atom stereocenters. The molecule has 0 aliphatic heterocycles. The SMILES string of the molecule is O=C(Nc1ccc(Cl)cc1C#CCO)C1CCCC1. The fourth-order valence-corrected chi connectivity index (χ4v) is 2.46. The van der Waals surface area contributed by atoms with Gasteiger partial charge in [-0.05, 0) is 31.0 Å². The molecule has 1 fully saturated rings. The van der Waals surface area contributed by atoms with Gasteiger partial charge in [-0.2, -0.15) is 0 Å². The zero-order chi connectivity index (χ0) is 13.7. The van der Waals surface area contributed by atoms with Gasteiger partial charge in [-0.3, -0.25) is 4.79 Å². The second kappa shape index (κ2) is 6.60. The fraction of sp³-hybridized carbons (Fsp3) is 0.400. The highest BCUT2D eigenvalue weighted by Crippen LogP contribution is 2.27. The van der Waals surface area contributed by atoms with E-state index < -0.39 is 0 Å². The second-order valence-electron chi connectivity index (χ2n) is 4.62. The number of hydrogen-bond donors (Lipinski definition) is 2. The lowest BCUT2D eigenvalue weighted by Crippen LogP contribution is -2.20. The monoisotopic (exact) mass is 277 g/mol. The van der Waals surface area contributed by atoms with Crippen LogP contribution in [0, 0.1) is 17.8 Å². The number of rotatable bonds is 2. The zero-order valence-electron chi connectivity index (χ0n) is 10.6. The van der Waals surface area contributed by atoms with Crippen molar-refractivity contribution in [1.29, 1.82) is 0 Å². The highest BCUT2D eigenvalue weighted by molar-refractivity contribution is 6.30. The van der Waals surface area contributed by atoms with Crippen molar-refractivity contribution in [3.05, 3.63) is 28.8 Å². The maximum absolute atomic E-state index is 12.1. The van der Waals surface area contributed by atoms with Crippen LogP contribution >= 0.6 is 11.6 Å². The van der Waals surface area contributed by atoms with Crippen LogP contribution in [0.2, 0.25) is 5.02 Å². The summed E-state index contributed by atoms with van der Waals surface area (Å²) in [5, 5.41) is 12.2. The first-order valence-corrected chi connectivity index (χ1v) is 6.78. The summed E-state index contributed by atoms with van der Waals surface area (Å²) in [7, 11) is 0. The Balaban J connectivity index is 2.16. The van der Waals surface area contributed by atoms with Gasteiger partial charge in [0.25, 0.3) is 0 Å². The Morgan fingerprint density at radius 1 is 1.42 bits per heavy atom. The zero-order valence-corrected chi connectivity index (χ0v) is 11.3. The summed E-state index contributed by atoms with van der Waals surface area (Å²) in [5.41, 5.74) is 1.29. The van der Waals surface area contributed by atoms with Crippen LogP contribution in [0.15, 0.2) is 18.2 Å². The van der Waals surface area contributed by atoms with Gasteiger partial charge in [-0.1, -0.05) is 36.3 Å². The summed E-state index contributed by atoms with van der Waals surface area (Å²) in [6.45, 7) is -0.220. The van der Waals surface area contributed by atoms with Crippen molar-refractivity contribution in [2.45, 2.75) is 25.7 Å². The van der Waals surface area contributed by atoms with E-state index in [2.05, 4.69) is 17.2 Å². The topological polar surface area (TPSA) is 49.3 Å². The normalized spacial score (nSPS) is 14.8. The number of anilines is 1. The third-order valence-electron chi connectivity index (χ3n) is 3.27. The van der Waals surface area contributed by atoms with Crippen molar-refractivity contribution in [3.63, 3.8) is 0 Å². The second-order valence-corrected chi connectivity index (χ2v) is 5.06. The third kappa shape index (κ3) is 3.73. The molecule has 2 rings (SSSR count). The molecule has 0 unspecified atom stereocenters.